The molecule has 0 aliphatic rings. The van der Waals surface area contributed by atoms with Crippen molar-refractivity contribution < 1.29 is 5.11 Å². The molecule has 0 spiro atoms. The topological polar surface area (TPSA) is 20.2 Å². The summed E-state index contributed by atoms with van der Waals surface area (Å²) in [6.45, 7) is 12.6. The Kier molecular flexibility index (Phi) is 5.14. The molecule has 1 nitrogen and oxygen atoms in total. The third kappa shape index (κ3) is 3.28. The van der Waals surface area contributed by atoms with E-state index in [1.54, 1.807) is 0 Å². The molecule has 0 saturated heterocycles. The maximum Gasteiger partial charge on any atom is 0.0961 e. The van der Waals surface area contributed by atoms with Crippen LogP contribution in [0.15, 0.2) is 24.3 Å². The first-order chi connectivity index (χ1) is 10.2. The molecule has 0 saturated carbocycles. The second-order valence-corrected chi connectivity index (χ2v) is 7.46. The van der Waals surface area contributed by atoms with Gasteiger partial charge in [-0.05, 0) is 74.9 Å². The fraction of sp³-hybridized carbons (Fsp3) is 0.400. The van der Waals surface area contributed by atoms with Gasteiger partial charge < -0.3 is 5.11 Å². The van der Waals surface area contributed by atoms with Gasteiger partial charge >= 0.3 is 0 Å². The Labute approximate surface area is 142 Å². The Morgan fingerprint density at radius 1 is 0.682 bits per heavy atom. The van der Waals surface area contributed by atoms with Crippen LogP contribution in [-0.4, -0.2) is 5.11 Å². The summed E-state index contributed by atoms with van der Waals surface area (Å²) >= 11 is 3.75. The molecule has 1 N–H and O–H groups in total. The first-order valence-corrected chi connectivity index (χ1v) is 8.61. The number of alkyl halides is 1. The summed E-state index contributed by atoms with van der Waals surface area (Å²) in [5, 5.41) is 11.0. The Balaban J connectivity index is 2.49. The van der Waals surface area contributed by atoms with Crippen LogP contribution >= 0.6 is 15.9 Å². The molecule has 2 aromatic carbocycles. The highest BCUT2D eigenvalue weighted by molar-refractivity contribution is 9.09. The maximum absolute atomic E-state index is 11.0. The van der Waals surface area contributed by atoms with E-state index in [0.29, 0.717) is 0 Å². The standard InChI is InChI=1S/C20H25BrO/c1-11-7-13(3)17(14(4)8-11)19(21)20(22)18-15(5)9-12(2)10-16(18)6/h7-10,19-20,22H,1-6H3/t19-,20+/m0/s1. The van der Waals surface area contributed by atoms with Crippen LogP contribution in [0.1, 0.15) is 55.4 Å². The molecule has 0 amide bonds. The lowest BCUT2D eigenvalue weighted by Gasteiger charge is -2.25. The first-order valence-electron chi connectivity index (χ1n) is 7.70. The number of aryl methyl sites for hydroxylation is 6. The molecule has 118 valence electrons. The van der Waals surface area contributed by atoms with Gasteiger partial charge in [0.2, 0.25) is 0 Å². The van der Waals surface area contributed by atoms with Gasteiger partial charge in [0.05, 0.1) is 10.9 Å². The van der Waals surface area contributed by atoms with Crippen LogP contribution < -0.4 is 0 Å². The van der Waals surface area contributed by atoms with Gasteiger partial charge in [0.15, 0.2) is 0 Å². The van der Waals surface area contributed by atoms with Crippen molar-refractivity contribution in [2.75, 3.05) is 0 Å². The minimum Gasteiger partial charge on any atom is -0.387 e. The fourth-order valence-electron chi connectivity index (χ4n) is 3.59. The molecule has 0 bridgehead atoms. The molecule has 2 rings (SSSR count). The van der Waals surface area contributed by atoms with E-state index in [9.17, 15) is 5.11 Å². The van der Waals surface area contributed by atoms with Gasteiger partial charge in [-0.1, -0.05) is 51.3 Å². The molecule has 2 heteroatoms. The van der Waals surface area contributed by atoms with Gasteiger partial charge in [0, 0.05) is 0 Å². The van der Waals surface area contributed by atoms with E-state index in [2.05, 4.69) is 81.7 Å². The third-order valence-electron chi connectivity index (χ3n) is 4.32. The van der Waals surface area contributed by atoms with E-state index in [1.807, 2.05) is 0 Å². The predicted octanol–water partition coefficient (Wildman–Crippen LogP) is 5.71. The normalized spacial score (nSPS) is 14.0. The van der Waals surface area contributed by atoms with E-state index >= 15 is 0 Å². The van der Waals surface area contributed by atoms with Crippen molar-refractivity contribution in [2.45, 2.75) is 52.5 Å². The lowest BCUT2D eigenvalue weighted by Crippen LogP contribution is -2.11. The number of rotatable bonds is 3. The molecule has 0 fully saturated rings. The minimum absolute atomic E-state index is 0.104. The zero-order valence-electron chi connectivity index (χ0n) is 14.3. The molecule has 0 aliphatic heterocycles. The van der Waals surface area contributed by atoms with E-state index < -0.39 is 6.10 Å². The van der Waals surface area contributed by atoms with Gasteiger partial charge in [-0.15, -0.1) is 0 Å². The molecule has 2 aromatic rings. The lowest BCUT2D eigenvalue weighted by atomic mass is 9.89. The van der Waals surface area contributed by atoms with Gasteiger partial charge in [-0.3, -0.25) is 0 Å². The third-order valence-corrected chi connectivity index (χ3v) is 5.28. The van der Waals surface area contributed by atoms with Gasteiger partial charge in [0.1, 0.15) is 0 Å². The molecule has 0 aromatic heterocycles. The fourth-order valence-corrected chi connectivity index (χ4v) is 4.57. The van der Waals surface area contributed by atoms with Crippen molar-refractivity contribution >= 4 is 15.9 Å². The van der Waals surface area contributed by atoms with E-state index in [1.165, 1.54) is 27.8 Å². The van der Waals surface area contributed by atoms with Crippen LogP contribution in [0, 0.1) is 41.5 Å². The maximum atomic E-state index is 11.0. The molecule has 2 atom stereocenters. The number of hydrogen-bond donors (Lipinski definition) is 1. The summed E-state index contributed by atoms with van der Waals surface area (Å²) in [6.07, 6.45) is -0.555. The molecule has 0 unspecified atom stereocenters. The van der Waals surface area contributed by atoms with Crippen LogP contribution in [-0.2, 0) is 0 Å². The number of benzene rings is 2. The molecule has 22 heavy (non-hydrogen) atoms. The number of hydrogen-bond acceptors (Lipinski definition) is 1. The Morgan fingerprint density at radius 2 is 1.00 bits per heavy atom. The van der Waals surface area contributed by atoms with Gasteiger partial charge in [-0.25, -0.2) is 0 Å². The average molecular weight is 361 g/mol. The largest absolute Gasteiger partial charge is 0.387 e. The number of aliphatic hydroxyl groups excluding tert-OH is 1. The van der Waals surface area contributed by atoms with Crippen LogP contribution in [0.5, 0.6) is 0 Å². The highest BCUT2D eigenvalue weighted by atomic mass is 79.9. The zero-order valence-corrected chi connectivity index (χ0v) is 15.9. The summed E-state index contributed by atoms with van der Waals surface area (Å²) in [4.78, 5) is -0.104. The molecule has 0 heterocycles. The van der Waals surface area contributed by atoms with Crippen LogP contribution in [0.2, 0.25) is 0 Å². The van der Waals surface area contributed by atoms with Crippen molar-refractivity contribution in [1.29, 1.82) is 0 Å². The van der Waals surface area contributed by atoms with Crippen molar-refractivity contribution in [3.05, 3.63) is 68.8 Å². The highest BCUT2D eigenvalue weighted by Gasteiger charge is 2.25. The highest BCUT2D eigenvalue weighted by Crippen LogP contribution is 2.41. The Hall–Kier alpha value is -1.12. The van der Waals surface area contributed by atoms with Crippen LogP contribution in [0.3, 0.4) is 0 Å². The van der Waals surface area contributed by atoms with E-state index in [4.69, 9.17) is 0 Å². The summed E-state index contributed by atoms with van der Waals surface area (Å²) < 4.78 is 0. The number of aliphatic hydroxyl groups is 1. The zero-order chi connectivity index (χ0) is 16.6. The summed E-state index contributed by atoms with van der Waals surface area (Å²) in [5.41, 5.74) is 9.47. The van der Waals surface area contributed by atoms with Crippen molar-refractivity contribution in [2.24, 2.45) is 0 Å². The minimum atomic E-state index is -0.555. The van der Waals surface area contributed by atoms with Crippen molar-refractivity contribution in [3.63, 3.8) is 0 Å². The van der Waals surface area contributed by atoms with Crippen molar-refractivity contribution in [3.8, 4) is 0 Å². The molecular formula is C20H25BrO. The Bertz CT molecular complexity index is 595. The van der Waals surface area contributed by atoms with E-state index in [-0.39, 0.29) is 4.83 Å². The number of halogens is 1. The summed E-state index contributed by atoms with van der Waals surface area (Å²) in [6, 6.07) is 8.64. The SMILES string of the molecule is Cc1cc(C)c([C@@H](O)[C@@H](Br)c2c(C)cc(C)cc2C)c(C)c1. The van der Waals surface area contributed by atoms with Gasteiger partial charge in [-0.2, -0.15) is 0 Å². The second-order valence-electron chi connectivity index (χ2n) is 6.47. The second kappa shape index (κ2) is 6.55. The summed E-state index contributed by atoms with van der Waals surface area (Å²) in [5.74, 6) is 0. The lowest BCUT2D eigenvalue weighted by molar-refractivity contribution is 0.175. The molecular weight excluding hydrogens is 336 g/mol. The quantitative estimate of drug-likeness (QED) is 0.695. The first kappa shape index (κ1) is 17.2. The van der Waals surface area contributed by atoms with E-state index in [0.717, 1.165) is 16.7 Å². The smallest absolute Gasteiger partial charge is 0.0961 e. The van der Waals surface area contributed by atoms with Crippen molar-refractivity contribution in [1.82, 2.24) is 0 Å². The molecule has 0 aliphatic carbocycles. The Morgan fingerprint density at radius 3 is 1.36 bits per heavy atom. The molecule has 0 radical (unpaired) electrons. The predicted molar refractivity (Wildman–Crippen MR) is 97.9 cm³/mol. The van der Waals surface area contributed by atoms with Crippen LogP contribution in [0.4, 0.5) is 0 Å². The average Bonchev–Trinajstić information content (AvgIpc) is 2.35. The van der Waals surface area contributed by atoms with Gasteiger partial charge in [0.25, 0.3) is 0 Å². The summed E-state index contributed by atoms with van der Waals surface area (Å²) in [7, 11) is 0. The van der Waals surface area contributed by atoms with Crippen LogP contribution in [0.25, 0.3) is 0 Å². The monoisotopic (exact) mass is 360 g/mol.